The zero-order valence-corrected chi connectivity index (χ0v) is 47.8. The van der Waals surface area contributed by atoms with Gasteiger partial charge in [-0.25, -0.2) is 18.4 Å². The third kappa shape index (κ3) is 7.63. The Bertz CT molecular complexity index is 4280. The second-order valence-electron chi connectivity index (χ2n) is 20.4. The first-order valence-corrected chi connectivity index (χ1v) is 28.9. The number of thiophene rings is 2. The van der Waals surface area contributed by atoms with E-state index in [1.165, 1.54) is 49.0 Å². The van der Waals surface area contributed by atoms with E-state index in [-0.39, 0.29) is 33.5 Å². The molecule has 4 aromatic heterocycles. The first-order valence-electron chi connectivity index (χ1n) is 25.8. The molecule has 0 bridgehead atoms. The molecule has 0 fully saturated rings. The largest absolute Gasteiger partial charge is 0.474 e. The Hall–Kier alpha value is -9.16. The number of carbonyl (C=O) groups excluding carboxylic acids is 2. The first kappa shape index (κ1) is 52.2. The first-order chi connectivity index (χ1) is 39.8. The number of rotatable bonds is 10. The number of carbonyl (C=O) groups is 2. The SMILES string of the molecule is [C-]#[N+]/C(=C\c1ccc(-c2cc3c(s2)-c2c(F)c4c(c(F)c2C3(c2ccc(C)cc2)c2ccc(C)cc2)-c2sc(-c3ccc(/C=C(\C#N)C(=O)OC)c5nsnc35)cc2C4(c2ccc(C)cc2)c2ccc(C)cc2)c2nsnc12)C(=O)OC. The van der Waals surface area contributed by atoms with Crippen LogP contribution in [0.4, 0.5) is 8.78 Å². The fourth-order valence-corrected chi connectivity index (χ4v) is 15.7. The van der Waals surface area contributed by atoms with E-state index in [1.54, 1.807) is 12.1 Å². The molecule has 0 N–H and O–H groups in total. The van der Waals surface area contributed by atoms with Gasteiger partial charge < -0.3 is 9.47 Å². The van der Waals surface area contributed by atoms with Crippen LogP contribution in [0.1, 0.15) is 77.9 Å². The van der Waals surface area contributed by atoms with E-state index in [9.17, 15) is 14.9 Å². The summed E-state index contributed by atoms with van der Waals surface area (Å²) in [6, 6.07) is 45.5. The van der Waals surface area contributed by atoms with Gasteiger partial charge in [-0.2, -0.15) is 22.8 Å². The molecule has 2 aliphatic rings. The van der Waals surface area contributed by atoms with E-state index in [4.69, 9.17) is 24.8 Å². The van der Waals surface area contributed by atoms with Gasteiger partial charge in [-0.05, 0) is 90.9 Å². The van der Waals surface area contributed by atoms with Gasteiger partial charge in [0.2, 0.25) is 0 Å². The van der Waals surface area contributed by atoms with Crippen LogP contribution in [0, 0.1) is 57.2 Å². The smallest absolute Gasteiger partial charge is 0.348 e. The Morgan fingerprint density at radius 1 is 0.549 bits per heavy atom. The van der Waals surface area contributed by atoms with E-state index in [2.05, 4.69) is 13.6 Å². The fourth-order valence-electron chi connectivity index (χ4n) is 12.0. The van der Waals surface area contributed by atoms with Crippen molar-refractivity contribution < 1.29 is 27.8 Å². The van der Waals surface area contributed by atoms with E-state index in [0.29, 0.717) is 65.2 Å². The number of ether oxygens (including phenoxy) is 2. The number of fused-ring (bicyclic) bond motifs is 8. The van der Waals surface area contributed by atoms with Crippen molar-refractivity contribution in [2.45, 2.75) is 38.5 Å². The summed E-state index contributed by atoms with van der Waals surface area (Å²) in [4.78, 5) is 31.2. The molecule has 82 heavy (non-hydrogen) atoms. The number of hydrogen-bond donors (Lipinski definition) is 0. The average molecular weight is 1150 g/mol. The highest BCUT2D eigenvalue weighted by molar-refractivity contribution is 7.20. The highest BCUT2D eigenvalue weighted by atomic mass is 32.1. The molecule has 10 nitrogen and oxygen atoms in total. The minimum Gasteiger partial charge on any atom is -0.474 e. The van der Waals surface area contributed by atoms with Gasteiger partial charge in [0.05, 0.1) is 55.1 Å². The molecule has 7 aromatic carbocycles. The summed E-state index contributed by atoms with van der Waals surface area (Å²) in [6.07, 6.45) is 2.88. The molecular weight excluding hydrogens is 1110 g/mol. The summed E-state index contributed by atoms with van der Waals surface area (Å²) >= 11 is 4.71. The Kier molecular flexibility index (Phi) is 12.6. The predicted octanol–water partition coefficient (Wildman–Crippen LogP) is 15.9. The normalized spacial score (nSPS) is 13.8. The average Bonchev–Trinajstić information content (AvgIpc) is 1.84. The van der Waals surface area contributed by atoms with Crippen LogP contribution in [0.2, 0.25) is 0 Å². The monoisotopic (exact) mass is 1150 g/mol. The molecule has 16 heteroatoms. The maximum Gasteiger partial charge on any atom is 0.348 e. The lowest BCUT2D eigenvalue weighted by Gasteiger charge is -2.36. The molecule has 0 spiro atoms. The van der Waals surface area contributed by atoms with Crippen LogP contribution < -0.4 is 0 Å². The van der Waals surface area contributed by atoms with Gasteiger partial charge in [0.15, 0.2) is 0 Å². The number of aryl methyl sites for hydroxylation is 4. The molecule has 13 rings (SSSR count). The molecule has 0 aliphatic heterocycles. The molecule has 0 atom stereocenters. The van der Waals surface area contributed by atoms with Crippen LogP contribution in [-0.2, 0) is 29.9 Å². The van der Waals surface area contributed by atoms with Crippen LogP contribution in [-0.4, -0.2) is 43.7 Å². The lowest BCUT2D eigenvalue weighted by Crippen LogP contribution is -2.32. The molecule has 0 radical (unpaired) electrons. The Labute approximate surface area is 486 Å². The highest BCUT2D eigenvalue weighted by Gasteiger charge is 2.57. The summed E-state index contributed by atoms with van der Waals surface area (Å²) in [7, 11) is 2.44. The van der Waals surface area contributed by atoms with E-state index < -0.39 is 34.4 Å². The summed E-state index contributed by atoms with van der Waals surface area (Å²) in [5.74, 6) is -2.66. The minimum absolute atomic E-state index is 0.163. The number of methoxy groups -OCH3 is 2. The van der Waals surface area contributed by atoms with Crippen molar-refractivity contribution in [2.24, 2.45) is 0 Å². The van der Waals surface area contributed by atoms with Crippen molar-refractivity contribution in [1.82, 2.24) is 17.5 Å². The number of halogens is 2. The topological polar surface area (TPSA) is 132 Å². The molecule has 0 unspecified atom stereocenters. The maximum atomic E-state index is 20.1. The van der Waals surface area contributed by atoms with Crippen molar-refractivity contribution in [3.8, 4) is 47.8 Å². The highest BCUT2D eigenvalue weighted by Crippen LogP contribution is 2.68. The second kappa shape index (κ2) is 19.8. The zero-order chi connectivity index (χ0) is 56.9. The molecular formula is C66H42F2N6O4S4. The molecule has 4 heterocycles. The number of esters is 2. The van der Waals surface area contributed by atoms with Gasteiger partial charge >= 0.3 is 11.9 Å². The van der Waals surface area contributed by atoms with Gasteiger partial charge in [0.25, 0.3) is 5.70 Å². The number of aromatic nitrogens is 4. The number of nitriles is 1. The molecule has 11 aromatic rings. The number of hydrogen-bond acceptors (Lipinski definition) is 13. The van der Waals surface area contributed by atoms with Gasteiger partial charge in [-0.1, -0.05) is 144 Å². The van der Waals surface area contributed by atoms with E-state index in [0.717, 1.165) is 77.7 Å². The van der Waals surface area contributed by atoms with Crippen LogP contribution in [0.25, 0.3) is 80.8 Å². The minimum atomic E-state index is -1.42. The molecule has 398 valence electrons. The molecule has 0 saturated carbocycles. The summed E-state index contributed by atoms with van der Waals surface area (Å²) in [5, 5.41) is 9.89. The fraction of sp³-hybridized carbons (Fsp3) is 0.121. The van der Waals surface area contributed by atoms with Crippen molar-refractivity contribution in [3.63, 3.8) is 0 Å². The predicted molar refractivity (Wildman–Crippen MR) is 321 cm³/mol. The van der Waals surface area contributed by atoms with Crippen molar-refractivity contribution in [3.05, 3.63) is 246 Å². The summed E-state index contributed by atoms with van der Waals surface area (Å²) in [6.45, 7) is 15.7. The Balaban J connectivity index is 1.15. The number of benzene rings is 7. The lowest BCUT2D eigenvalue weighted by atomic mass is 9.65. The molecule has 2 aliphatic carbocycles. The lowest BCUT2D eigenvalue weighted by molar-refractivity contribution is -0.136. The third-order valence-corrected chi connectivity index (χ3v) is 19.3. The van der Waals surface area contributed by atoms with Crippen LogP contribution in [0.5, 0.6) is 0 Å². The Morgan fingerprint density at radius 2 is 0.915 bits per heavy atom. The van der Waals surface area contributed by atoms with Crippen LogP contribution >= 0.6 is 46.1 Å². The molecule has 0 amide bonds. The second-order valence-corrected chi connectivity index (χ2v) is 23.6. The van der Waals surface area contributed by atoms with Gasteiger partial charge in [-0.15, -0.1) is 22.7 Å². The van der Waals surface area contributed by atoms with E-state index >= 15 is 8.78 Å². The quantitative estimate of drug-likeness (QED) is 0.0568. The van der Waals surface area contributed by atoms with Gasteiger partial charge in [0.1, 0.15) is 45.3 Å². The third-order valence-electron chi connectivity index (χ3n) is 15.8. The summed E-state index contributed by atoms with van der Waals surface area (Å²) in [5.41, 5.74) is 10.2. The zero-order valence-electron chi connectivity index (χ0n) is 44.6. The van der Waals surface area contributed by atoms with Gasteiger partial charge in [0, 0.05) is 58.5 Å². The van der Waals surface area contributed by atoms with Crippen molar-refractivity contribution in [2.75, 3.05) is 14.2 Å². The maximum absolute atomic E-state index is 20.1. The van der Waals surface area contributed by atoms with Crippen LogP contribution in [0.3, 0.4) is 0 Å². The van der Waals surface area contributed by atoms with Crippen molar-refractivity contribution >= 4 is 92.3 Å². The standard InChI is InChI=1S/C66H42F2N6O4S4/c1-33-8-18-40(19-9-33)65(41-20-10-34(2)11-21-41)46-30-49(44-26-16-37(57-59(44)73-81-71-57)28-39(32-69)63(75)77-6)79-61(46)51-53(65)56(68)52-54(55(51)67)66(42-22-12-35(3)13-23-42,43-24-14-36(4)15-25-43)47-31-50(80-62(47)52)45-27-17-38(58-60(45)74-82-72-58)29-48(70-5)64(76)78-7/h8-31H,1-4,6-7H3/b39-28+,48-29-. The number of nitrogens with zero attached hydrogens (tertiary/aromatic N) is 6. The van der Waals surface area contributed by atoms with E-state index in [1.807, 2.05) is 155 Å². The Morgan fingerprint density at radius 3 is 1.27 bits per heavy atom. The van der Waals surface area contributed by atoms with Crippen molar-refractivity contribution in [1.29, 1.82) is 5.26 Å². The van der Waals surface area contributed by atoms with Crippen LogP contribution in [0.15, 0.2) is 145 Å². The summed E-state index contributed by atoms with van der Waals surface area (Å²) < 4.78 is 68.9. The molecule has 0 saturated heterocycles. The van der Waals surface area contributed by atoms with Gasteiger partial charge in [-0.3, -0.25) is 4.79 Å².